The van der Waals surface area contributed by atoms with Gasteiger partial charge >= 0.3 is 18.0 Å². The highest BCUT2D eigenvalue weighted by molar-refractivity contribution is 5.90. The highest BCUT2D eigenvalue weighted by Gasteiger charge is 2.38. The average Bonchev–Trinajstić information content (AvgIpc) is 2.88. The normalized spacial score (nSPS) is 14.7. The van der Waals surface area contributed by atoms with Gasteiger partial charge in [0, 0.05) is 12.1 Å². The van der Waals surface area contributed by atoms with E-state index in [2.05, 4.69) is 0 Å². The molecule has 1 atom stereocenters. The van der Waals surface area contributed by atoms with E-state index in [1.807, 2.05) is 19.9 Å². The summed E-state index contributed by atoms with van der Waals surface area (Å²) in [5.74, 6) is 0.307. The highest BCUT2D eigenvalue weighted by Crippen LogP contribution is 2.34. The van der Waals surface area contributed by atoms with Gasteiger partial charge in [-0.25, -0.2) is 14.4 Å². The molecule has 1 aliphatic heterocycles. The first-order chi connectivity index (χ1) is 16.8. The zero-order chi connectivity index (χ0) is 25.5. The van der Waals surface area contributed by atoms with Crippen LogP contribution >= 0.6 is 0 Å². The number of nitrogens with zero attached hydrogens (tertiary/aromatic N) is 1. The van der Waals surface area contributed by atoms with E-state index in [9.17, 15) is 14.4 Å². The molecule has 1 heterocycles. The van der Waals surface area contributed by atoms with Gasteiger partial charge in [-0.15, -0.1) is 0 Å². The molecule has 9 heteroatoms. The summed E-state index contributed by atoms with van der Waals surface area (Å²) in [5, 5.41) is 0. The maximum absolute atomic E-state index is 12.6. The molecule has 0 fully saturated rings. The SMILES string of the molecule is COC(=O)c1ccc(COc2ccc3c(c2)CCN(C(=O)OCC(C)C)C3C(=O)OC)c(OC)c1. The summed E-state index contributed by atoms with van der Waals surface area (Å²) in [7, 11) is 4.13. The van der Waals surface area contributed by atoms with Crippen LogP contribution in [0.25, 0.3) is 0 Å². The number of esters is 2. The number of carbonyl (C=O) groups is 3. The van der Waals surface area contributed by atoms with Crippen LogP contribution in [0.2, 0.25) is 0 Å². The van der Waals surface area contributed by atoms with Crippen molar-refractivity contribution < 1.29 is 38.1 Å². The molecule has 3 rings (SSSR count). The fourth-order valence-corrected chi connectivity index (χ4v) is 3.85. The third-order valence-corrected chi connectivity index (χ3v) is 5.64. The summed E-state index contributed by atoms with van der Waals surface area (Å²) >= 11 is 0. The zero-order valence-corrected chi connectivity index (χ0v) is 20.7. The van der Waals surface area contributed by atoms with Gasteiger partial charge in [0.05, 0.1) is 33.5 Å². The molecular weight excluding hydrogens is 454 g/mol. The number of methoxy groups -OCH3 is 3. The fourth-order valence-electron chi connectivity index (χ4n) is 3.85. The quantitative estimate of drug-likeness (QED) is 0.410. The van der Waals surface area contributed by atoms with Gasteiger partial charge in [0.1, 0.15) is 18.1 Å². The lowest BCUT2D eigenvalue weighted by molar-refractivity contribution is -0.147. The molecule has 0 aromatic heterocycles. The topological polar surface area (TPSA) is 101 Å². The summed E-state index contributed by atoms with van der Waals surface area (Å²) in [5.41, 5.74) is 2.70. The summed E-state index contributed by atoms with van der Waals surface area (Å²) in [6.45, 7) is 4.68. The molecule has 0 saturated heterocycles. The lowest BCUT2D eigenvalue weighted by atomic mass is 9.92. The molecule has 2 aromatic rings. The van der Waals surface area contributed by atoms with E-state index in [0.717, 1.165) is 11.1 Å². The van der Waals surface area contributed by atoms with Crippen molar-refractivity contribution >= 4 is 18.0 Å². The molecule has 0 spiro atoms. The van der Waals surface area contributed by atoms with Gasteiger partial charge in [-0.05, 0) is 47.7 Å². The number of carbonyl (C=O) groups excluding carboxylic acids is 3. The standard InChI is InChI=1S/C26H31NO8/c1-16(2)14-35-26(30)27-11-10-17-12-20(8-9-21(17)23(27)25(29)33-5)34-15-19-7-6-18(24(28)32-4)13-22(19)31-3/h6-9,12-13,16,23H,10-11,14-15H2,1-5H3. The highest BCUT2D eigenvalue weighted by atomic mass is 16.6. The minimum absolute atomic E-state index is 0.183. The van der Waals surface area contributed by atoms with Gasteiger partial charge < -0.3 is 23.7 Å². The molecule has 35 heavy (non-hydrogen) atoms. The molecule has 1 unspecified atom stereocenters. The second-order valence-corrected chi connectivity index (χ2v) is 8.51. The Morgan fingerprint density at radius 1 is 1.03 bits per heavy atom. The van der Waals surface area contributed by atoms with Crippen molar-refractivity contribution in [2.24, 2.45) is 5.92 Å². The van der Waals surface area contributed by atoms with E-state index in [4.69, 9.17) is 23.7 Å². The largest absolute Gasteiger partial charge is 0.496 e. The third kappa shape index (κ3) is 6.03. The number of hydrogen-bond acceptors (Lipinski definition) is 8. The molecule has 188 valence electrons. The lowest BCUT2D eigenvalue weighted by Crippen LogP contribution is -2.44. The minimum Gasteiger partial charge on any atom is -0.496 e. The van der Waals surface area contributed by atoms with Crippen molar-refractivity contribution in [3.05, 3.63) is 58.7 Å². The molecule has 1 aliphatic rings. The van der Waals surface area contributed by atoms with E-state index >= 15 is 0 Å². The Balaban J connectivity index is 1.78. The van der Waals surface area contributed by atoms with E-state index in [1.165, 1.54) is 26.2 Å². The maximum atomic E-state index is 12.6. The van der Waals surface area contributed by atoms with E-state index < -0.39 is 24.1 Å². The Morgan fingerprint density at radius 2 is 1.80 bits per heavy atom. The Kier molecular flexibility index (Phi) is 8.57. The van der Waals surface area contributed by atoms with E-state index in [1.54, 1.807) is 30.3 Å². The number of rotatable bonds is 8. The Hall–Kier alpha value is -3.75. The van der Waals surface area contributed by atoms with Crippen molar-refractivity contribution in [2.75, 3.05) is 34.5 Å². The Labute approximate surface area is 204 Å². The maximum Gasteiger partial charge on any atom is 0.410 e. The van der Waals surface area contributed by atoms with Crippen molar-refractivity contribution in [2.45, 2.75) is 32.9 Å². The van der Waals surface area contributed by atoms with Crippen LogP contribution in [0.5, 0.6) is 11.5 Å². The first-order valence-electron chi connectivity index (χ1n) is 11.3. The number of fused-ring (bicyclic) bond motifs is 1. The van der Waals surface area contributed by atoms with Crippen LogP contribution in [0.1, 0.15) is 46.9 Å². The molecule has 2 aromatic carbocycles. The van der Waals surface area contributed by atoms with Gasteiger partial charge in [0.15, 0.2) is 6.04 Å². The third-order valence-electron chi connectivity index (χ3n) is 5.64. The molecule has 0 bridgehead atoms. The average molecular weight is 486 g/mol. The van der Waals surface area contributed by atoms with Crippen molar-refractivity contribution in [3.8, 4) is 11.5 Å². The monoisotopic (exact) mass is 485 g/mol. The van der Waals surface area contributed by atoms with Crippen LogP contribution in [-0.2, 0) is 32.0 Å². The number of benzene rings is 2. The van der Waals surface area contributed by atoms with Crippen LogP contribution in [0.3, 0.4) is 0 Å². The van der Waals surface area contributed by atoms with E-state index in [0.29, 0.717) is 35.6 Å². The van der Waals surface area contributed by atoms with Crippen LogP contribution < -0.4 is 9.47 Å². The second-order valence-electron chi connectivity index (χ2n) is 8.51. The van der Waals surface area contributed by atoms with Gasteiger partial charge in [-0.2, -0.15) is 0 Å². The van der Waals surface area contributed by atoms with E-state index in [-0.39, 0.29) is 19.1 Å². The summed E-state index contributed by atoms with van der Waals surface area (Å²) in [4.78, 5) is 38.4. The first-order valence-corrected chi connectivity index (χ1v) is 11.3. The molecular formula is C26H31NO8. The Bertz CT molecular complexity index is 1080. The fraction of sp³-hybridized carbons (Fsp3) is 0.423. The minimum atomic E-state index is -0.886. The summed E-state index contributed by atoms with van der Waals surface area (Å²) in [6.07, 6.45) is -0.00362. The lowest BCUT2D eigenvalue weighted by Gasteiger charge is -2.35. The predicted octanol–water partition coefficient (Wildman–Crippen LogP) is 3.93. The van der Waals surface area contributed by atoms with Gasteiger partial charge in [0.25, 0.3) is 0 Å². The van der Waals surface area contributed by atoms with Crippen LogP contribution in [-0.4, -0.2) is 57.4 Å². The number of ether oxygens (including phenoxy) is 5. The second kappa shape index (κ2) is 11.6. The van der Waals surface area contributed by atoms with Crippen molar-refractivity contribution in [1.82, 2.24) is 4.90 Å². The number of hydrogen-bond donors (Lipinski definition) is 0. The van der Waals surface area contributed by atoms with Crippen molar-refractivity contribution in [3.63, 3.8) is 0 Å². The molecule has 0 radical (unpaired) electrons. The predicted molar refractivity (Wildman–Crippen MR) is 126 cm³/mol. The van der Waals surface area contributed by atoms with Crippen molar-refractivity contribution in [1.29, 1.82) is 0 Å². The number of amides is 1. The Morgan fingerprint density at radius 3 is 2.46 bits per heavy atom. The molecule has 1 amide bonds. The smallest absolute Gasteiger partial charge is 0.410 e. The zero-order valence-electron chi connectivity index (χ0n) is 20.7. The van der Waals surface area contributed by atoms with Gasteiger partial charge in [0.2, 0.25) is 0 Å². The van der Waals surface area contributed by atoms with Crippen LogP contribution in [0.4, 0.5) is 4.79 Å². The summed E-state index contributed by atoms with van der Waals surface area (Å²) in [6, 6.07) is 9.48. The molecule has 0 N–H and O–H groups in total. The van der Waals surface area contributed by atoms with Crippen LogP contribution in [0.15, 0.2) is 36.4 Å². The van der Waals surface area contributed by atoms with Crippen LogP contribution in [0, 0.1) is 5.92 Å². The first kappa shape index (κ1) is 25.9. The van der Waals surface area contributed by atoms with Gasteiger partial charge in [-0.3, -0.25) is 4.90 Å². The summed E-state index contributed by atoms with van der Waals surface area (Å²) < 4.78 is 26.5. The van der Waals surface area contributed by atoms with Gasteiger partial charge in [-0.1, -0.05) is 26.0 Å². The molecule has 0 saturated carbocycles. The molecule has 9 nitrogen and oxygen atoms in total. The molecule has 0 aliphatic carbocycles.